The van der Waals surface area contributed by atoms with E-state index in [9.17, 15) is 13.5 Å². The fourth-order valence-corrected chi connectivity index (χ4v) is 2.99. The van der Waals surface area contributed by atoms with E-state index in [-0.39, 0.29) is 6.61 Å². The van der Waals surface area contributed by atoms with Crippen LogP contribution in [0, 0.1) is 0 Å². The maximum absolute atomic E-state index is 11.3. The molecule has 1 N–H and O–H groups in total. The van der Waals surface area contributed by atoms with Crippen molar-refractivity contribution in [1.29, 1.82) is 0 Å². The second kappa shape index (κ2) is 5.85. The van der Waals surface area contributed by atoms with E-state index >= 15 is 0 Å². The maximum atomic E-state index is 11.3. The average Bonchev–Trinajstić information content (AvgIpc) is 2.64. The van der Waals surface area contributed by atoms with Crippen molar-refractivity contribution in [2.24, 2.45) is 0 Å². The third-order valence-corrected chi connectivity index (χ3v) is 4.06. The van der Waals surface area contributed by atoms with Crippen LogP contribution in [-0.2, 0) is 28.8 Å². The molecule has 8 heteroatoms. The normalized spacial score (nSPS) is 38.5. The Hall–Kier alpha value is -0.510. The first-order chi connectivity index (χ1) is 9.89. The lowest BCUT2D eigenvalue weighted by Crippen LogP contribution is -2.55. The van der Waals surface area contributed by atoms with Gasteiger partial charge in [0.05, 0.1) is 6.61 Å². The number of hydrogen-bond acceptors (Lipinski definition) is 7. The fraction of sp³-hybridized carbons (Fsp3) is 0.857. The average molecular weight is 336 g/mol. The molecule has 0 amide bonds. The molecule has 22 heavy (non-hydrogen) atoms. The molecule has 0 aromatic carbocycles. The quantitative estimate of drug-likeness (QED) is 0.806. The summed E-state index contributed by atoms with van der Waals surface area (Å²) in [6.07, 6.45) is -0.316. The highest BCUT2D eigenvalue weighted by atomic mass is 32.2. The van der Waals surface area contributed by atoms with Crippen LogP contribution in [0.5, 0.6) is 0 Å². The summed E-state index contributed by atoms with van der Waals surface area (Å²) in [5, 5.41) is 11.2. The van der Waals surface area contributed by atoms with Gasteiger partial charge < -0.3 is 24.1 Å². The summed E-state index contributed by atoms with van der Waals surface area (Å²) >= 11 is 0. The monoisotopic (exact) mass is 336 g/mol. The van der Waals surface area contributed by atoms with Gasteiger partial charge in [-0.2, -0.15) is 0 Å². The van der Waals surface area contributed by atoms with Gasteiger partial charge in [0.1, 0.15) is 24.4 Å². The number of aliphatic hydroxyl groups excluding tert-OH is 1. The smallest absolute Gasteiger partial charge is 0.168 e. The van der Waals surface area contributed by atoms with Gasteiger partial charge in [0, 0.05) is 11.7 Å². The van der Waals surface area contributed by atoms with Crippen molar-refractivity contribution in [1.82, 2.24) is 0 Å². The minimum Gasteiger partial charge on any atom is -0.388 e. The third kappa shape index (κ3) is 4.50. The van der Waals surface area contributed by atoms with E-state index < -0.39 is 45.8 Å². The van der Waals surface area contributed by atoms with Crippen LogP contribution in [0.25, 0.3) is 0 Å². The zero-order chi connectivity index (χ0) is 16.8. The fourth-order valence-electron chi connectivity index (χ4n) is 2.55. The Kier molecular flexibility index (Phi) is 4.74. The zero-order valence-corrected chi connectivity index (χ0v) is 14.3. The molecule has 0 saturated carbocycles. The summed E-state index contributed by atoms with van der Waals surface area (Å²) in [5.74, 6) is -1.76. The van der Waals surface area contributed by atoms with E-state index in [0.717, 1.165) is 11.7 Å². The van der Waals surface area contributed by atoms with Crippen LogP contribution in [0.3, 0.4) is 0 Å². The van der Waals surface area contributed by atoms with Crippen LogP contribution in [-0.4, -0.2) is 62.4 Å². The molecule has 0 aliphatic carbocycles. The molecule has 0 bridgehead atoms. The second-order valence-corrected chi connectivity index (χ2v) is 8.51. The lowest BCUT2D eigenvalue weighted by Gasteiger charge is -2.41. The van der Waals surface area contributed by atoms with Gasteiger partial charge in [0.25, 0.3) is 0 Å². The predicted octanol–water partition coefficient (Wildman–Crippen LogP) is 0.577. The summed E-state index contributed by atoms with van der Waals surface area (Å²) in [7, 11) is -3.28. The summed E-state index contributed by atoms with van der Waals surface area (Å²) in [4.78, 5) is 0. The molecule has 2 rings (SSSR count). The molecule has 0 radical (unpaired) electrons. The van der Waals surface area contributed by atoms with Crippen molar-refractivity contribution >= 4 is 9.84 Å². The lowest BCUT2D eigenvalue weighted by molar-refractivity contribution is -0.322. The Balaban J connectivity index is 2.23. The number of aliphatic hydroxyl groups is 1. The second-order valence-electron chi connectivity index (χ2n) is 6.58. The number of hydrogen-bond donors (Lipinski definition) is 1. The van der Waals surface area contributed by atoms with E-state index in [0.29, 0.717) is 0 Å². The minimum atomic E-state index is -3.28. The molecule has 2 aliphatic rings. The molecule has 2 aliphatic heterocycles. The number of rotatable bonds is 3. The molecular weight excluding hydrogens is 312 g/mol. The Labute approximate surface area is 131 Å². The van der Waals surface area contributed by atoms with E-state index in [1.54, 1.807) is 27.7 Å². The minimum absolute atomic E-state index is 0.112. The first-order valence-corrected chi connectivity index (χ1v) is 9.08. The molecular formula is C14H24O7S. The van der Waals surface area contributed by atoms with Crippen molar-refractivity contribution in [3.8, 4) is 0 Å². The Morgan fingerprint density at radius 1 is 1.05 bits per heavy atom. The van der Waals surface area contributed by atoms with Gasteiger partial charge in [-0.1, -0.05) is 0 Å². The largest absolute Gasteiger partial charge is 0.388 e. The van der Waals surface area contributed by atoms with Gasteiger partial charge >= 0.3 is 0 Å². The molecule has 0 aromatic rings. The maximum Gasteiger partial charge on any atom is 0.168 e. The van der Waals surface area contributed by atoms with Crippen LogP contribution in [0.2, 0.25) is 0 Å². The van der Waals surface area contributed by atoms with E-state index in [4.69, 9.17) is 18.9 Å². The van der Waals surface area contributed by atoms with Gasteiger partial charge in [0.15, 0.2) is 21.4 Å². The van der Waals surface area contributed by atoms with Crippen LogP contribution in [0.4, 0.5) is 0 Å². The zero-order valence-electron chi connectivity index (χ0n) is 13.5. The van der Waals surface area contributed by atoms with E-state index in [2.05, 4.69) is 0 Å². The first kappa shape index (κ1) is 17.8. The van der Waals surface area contributed by atoms with Gasteiger partial charge in [-0.25, -0.2) is 8.42 Å². The van der Waals surface area contributed by atoms with Crippen molar-refractivity contribution in [3.63, 3.8) is 0 Å². The molecule has 0 aromatic heterocycles. The summed E-state index contributed by atoms with van der Waals surface area (Å²) < 4.78 is 45.3. The van der Waals surface area contributed by atoms with Gasteiger partial charge in [-0.15, -0.1) is 0 Å². The molecule has 2 fully saturated rings. The van der Waals surface area contributed by atoms with Gasteiger partial charge in [0.2, 0.25) is 0 Å². The van der Waals surface area contributed by atoms with E-state index in [1.807, 2.05) is 0 Å². The summed E-state index contributed by atoms with van der Waals surface area (Å²) in [6.45, 7) is 7.05. The molecule has 128 valence electrons. The molecule has 2 saturated heterocycles. The Bertz CT molecular complexity index is 537. The molecule has 0 spiro atoms. The highest BCUT2D eigenvalue weighted by Crippen LogP contribution is 2.36. The highest BCUT2D eigenvalue weighted by Gasteiger charge is 2.50. The first-order valence-electron chi connectivity index (χ1n) is 7.12. The number of ether oxygens (including phenoxy) is 4. The third-order valence-electron chi connectivity index (χ3n) is 3.40. The Morgan fingerprint density at radius 2 is 1.64 bits per heavy atom. The van der Waals surface area contributed by atoms with Gasteiger partial charge in [-0.05, 0) is 33.8 Å². The lowest BCUT2D eigenvalue weighted by atomic mass is 10.0. The highest BCUT2D eigenvalue weighted by molar-refractivity contribution is 7.93. The van der Waals surface area contributed by atoms with Crippen molar-refractivity contribution < 1.29 is 32.5 Å². The van der Waals surface area contributed by atoms with Crippen LogP contribution < -0.4 is 0 Å². The van der Waals surface area contributed by atoms with Crippen LogP contribution in [0.1, 0.15) is 27.7 Å². The summed E-state index contributed by atoms with van der Waals surface area (Å²) in [6, 6.07) is 0. The van der Waals surface area contributed by atoms with Crippen molar-refractivity contribution in [3.05, 3.63) is 11.5 Å². The number of sulfone groups is 1. The van der Waals surface area contributed by atoms with Gasteiger partial charge in [-0.3, -0.25) is 0 Å². The topological polar surface area (TPSA) is 91.3 Å². The molecule has 0 unspecified atom stereocenters. The van der Waals surface area contributed by atoms with Crippen molar-refractivity contribution in [2.75, 3.05) is 12.9 Å². The molecule has 7 nitrogen and oxygen atoms in total. The van der Waals surface area contributed by atoms with E-state index in [1.165, 1.54) is 6.08 Å². The van der Waals surface area contributed by atoms with Crippen molar-refractivity contribution in [2.45, 2.75) is 63.7 Å². The summed E-state index contributed by atoms with van der Waals surface area (Å²) in [5.41, 5.74) is 0. The molecule has 2 heterocycles. The standard InChI is InChI=1S/C14H24O7S/c1-13(2)18-8-9(15)11(20-13)12-10(6-7-22(5,16)17)19-14(3,4)21-12/h6-7,9-12,15H,8H2,1-5H3/b7-6+/t9-,10-,11-,12-/m1/s1. The van der Waals surface area contributed by atoms with Crippen LogP contribution >= 0.6 is 0 Å². The predicted molar refractivity (Wildman–Crippen MR) is 78.7 cm³/mol. The van der Waals surface area contributed by atoms with Crippen LogP contribution in [0.15, 0.2) is 11.5 Å². The SMILES string of the molecule is CC1(C)OC[C@@H](O)[C@H]([C@@H]2OC(C)(C)O[C@@H]2/C=C/S(C)(=O)=O)O1. The Morgan fingerprint density at radius 3 is 2.23 bits per heavy atom. The molecule has 4 atom stereocenters.